The van der Waals surface area contributed by atoms with Crippen molar-refractivity contribution >= 4 is 11.4 Å². The largest absolute Gasteiger partial charge is 0.494 e. The topological polar surface area (TPSA) is 47.3 Å². The van der Waals surface area contributed by atoms with Gasteiger partial charge in [-0.25, -0.2) is 0 Å². The van der Waals surface area contributed by atoms with Crippen LogP contribution < -0.4 is 15.8 Å². The summed E-state index contributed by atoms with van der Waals surface area (Å²) in [5.41, 5.74) is 8.82. The van der Waals surface area contributed by atoms with Gasteiger partial charge in [0.1, 0.15) is 5.75 Å². The van der Waals surface area contributed by atoms with Crippen LogP contribution in [-0.2, 0) is 6.54 Å². The number of hydrogen-bond donors (Lipinski definition) is 2. The van der Waals surface area contributed by atoms with Gasteiger partial charge < -0.3 is 15.8 Å². The van der Waals surface area contributed by atoms with Crippen LogP contribution >= 0.6 is 0 Å². The quantitative estimate of drug-likeness (QED) is 0.845. The van der Waals surface area contributed by atoms with E-state index in [4.69, 9.17) is 10.5 Å². The molecule has 0 fully saturated rings. The zero-order valence-corrected chi connectivity index (χ0v) is 10.5. The Hall–Kier alpha value is -2.00. The fraction of sp³-hybridized carbons (Fsp3) is 0.200. The van der Waals surface area contributed by atoms with Crippen molar-refractivity contribution in [2.75, 3.05) is 11.9 Å². The van der Waals surface area contributed by atoms with Crippen LogP contribution in [0.2, 0.25) is 0 Å². The van der Waals surface area contributed by atoms with Crippen molar-refractivity contribution in [3.63, 3.8) is 0 Å². The van der Waals surface area contributed by atoms with Gasteiger partial charge in [0.25, 0.3) is 0 Å². The molecule has 0 saturated heterocycles. The monoisotopic (exact) mass is 242 g/mol. The molecule has 2 aromatic carbocycles. The molecule has 0 heterocycles. The summed E-state index contributed by atoms with van der Waals surface area (Å²) in [6.07, 6.45) is 0. The van der Waals surface area contributed by atoms with Crippen molar-refractivity contribution < 1.29 is 4.74 Å². The van der Waals surface area contributed by atoms with E-state index in [1.54, 1.807) is 0 Å². The highest BCUT2D eigenvalue weighted by Gasteiger charge is 1.97. The van der Waals surface area contributed by atoms with Gasteiger partial charge in [0.15, 0.2) is 0 Å². The van der Waals surface area contributed by atoms with Crippen LogP contribution in [0.25, 0.3) is 0 Å². The molecule has 2 rings (SSSR count). The van der Waals surface area contributed by atoms with Crippen molar-refractivity contribution in [3.8, 4) is 5.75 Å². The molecule has 3 heteroatoms. The molecule has 2 aromatic rings. The molecule has 0 saturated carbocycles. The Balaban J connectivity index is 2.08. The van der Waals surface area contributed by atoms with Crippen molar-refractivity contribution in [1.82, 2.24) is 0 Å². The molecule has 0 aromatic heterocycles. The highest BCUT2D eigenvalue weighted by molar-refractivity contribution is 5.60. The van der Waals surface area contributed by atoms with Crippen LogP contribution in [0.4, 0.5) is 11.4 Å². The zero-order valence-electron chi connectivity index (χ0n) is 10.5. The Labute approximate surface area is 108 Å². The highest BCUT2D eigenvalue weighted by Crippen LogP contribution is 2.20. The number of hydrogen-bond acceptors (Lipinski definition) is 3. The zero-order chi connectivity index (χ0) is 12.8. The molecule has 3 N–H and O–H groups in total. The smallest absolute Gasteiger partial charge is 0.119 e. The second-order valence-electron chi connectivity index (χ2n) is 3.99. The predicted octanol–water partition coefficient (Wildman–Crippen LogP) is 3.29. The molecule has 94 valence electrons. The van der Waals surface area contributed by atoms with Crippen LogP contribution in [0, 0.1) is 0 Å². The fourth-order valence-corrected chi connectivity index (χ4v) is 1.74. The van der Waals surface area contributed by atoms with Gasteiger partial charge in [0, 0.05) is 17.9 Å². The van der Waals surface area contributed by atoms with Gasteiger partial charge in [-0.05, 0) is 48.9 Å². The Morgan fingerprint density at radius 3 is 2.50 bits per heavy atom. The number of nitrogens with one attached hydrogen (secondary N) is 1. The number of anilines is 2. The Kier molecular flexibility index (Phi) is 4.20. The first-order valence-electron chi connectivity index (χ1n) is 6.10. The van der Waals surface area contributed by atoms with E-state index in [1.165, 1.54) is 0 Å². The van der Waals surface area contributed by atoms with E-state index in [0.717, 1.165) is 22.7 Å². The Morgan fingerprint density at radius 1 is 1.06 bits per heavy atom. The van der Waals surface area contributed by atoms with Gasteiger partial charge in [0.05, 0.1) is 6.61 Å². The molecule has 0 unspecified atom stereocenters. The standard InChI is InChI=1S/C15H18N2O/c1-2-18-15-8-6-13(7-9-15)17-14-5-3-4-12(10-14)11-16/h3-10,17H,2,11,16H2,1H3. The molecule has 0 atom stereocenters. The third-order valence-electron chi connectivity index (χ3n) is 2.62. The van der Waals surface area contributed by atoms with Crippen LogP contribution in [0.15, 0.2) is 48.5 Å². The molecule has 0 bridgehead atoms. The maximum absolute atomic E-state index is 5.62. The summed E-state index contributed by atoms with van der Waals surface area (Å²) < 4.78 is 5.40. The first kappa shape index (κ1) is 12.5. The fourth-order valence-electron chi connectivity index (χ4n) is 1.74. The second-order valence-corrected chi connectivity index (χ2v) is 3.99. The van der Waals surface area contributed by atoms with E-state index in [2.05, 4.69) is 11.4 Å². The minimum atomic E-state index is 0.554. The molecule has 0 aliphatic heterocycles. The van der Waals surface area contributed by atoms with Gasteiger partial charge in [-0.2, -0.15) is 0 Å². The average molecular weight is 242 g/mol. The van der Waals surface area contributed by atoms with E-state index >= 15 is 0 Å². The van der Waals surface area contributed by atoms with E-state index in [-0.39, 0.29) is 0 Å². The Morgan fingerprint density at radius 2 is 1.83 bits per heavy atom. The lowest BCUT2D eigenvalue weighted by molar-refractivity contribution is 0.340. The number of rotatable bonds is 5. The first-order chi connectivity index (χ1) is 8.81. The minimum absolute atomic E-state index is 0.554. The van der Waals surface area contributed by atoms with Gasteiger partial charge in [-0.1, -0.05) is 12.1 Å². The lowest BCUT2D eigenvalue weighted by atomic mass is 10.2. The lowest BCUT2D eigenvalue weighted by Gasteiger charge is -2.09. The van der Waals surface area contributed by atoms with Crippen LogP contribution in [0.1, 0.15) is 12.5 Å². The second kappa shape index (κ2) is 6.07. The van der Waals surface area contributed by atoms with Crippen LogP contribution in [0.5, 0.6) is 5.75 Å². The van der Waals surface area contributed by atoms with Gasteiger partial charge >= 0.3 is 0 Å². The summed E-state index contributed by atoms with van der Waals surface area (Å²) in [4.78, 5) is 0. The van der Waals surface area contributed by atoms with Gasteiger partial charge in [-0.15, -0.1) is 0 Å². The maximum Gasteiger partial charge on any atom is 0.119 e. The summed E-state index contributed by atoms with van der Waals surface area (Å²) in [7, 11) is 0. The first-order valence-corrected chi connectivity index (χ1v) is 6.10. The summed E-state index contributed by atoms with van der Waals surface area (Å²) in [5.74, 6) is 0.888. The lowest BCUT2D eigenvalue weighted by Crippen LogP contribution is -1.97. The summed E-state index contributed by atoms with van der Waals surface area (Å²) in [6, 6.07) is 16.0. The third-order valence-corrected chi connectivity index (χ3v) is 2.62. The molecule has 18 heavy (non-hydrogen) atoms. The predicted molar refractivity (Wildman–Crippen MR) is 75.2 cm³/mol. The molecule has 3 nitrogen and oxygen atoms in total. The number of ether oxygens (including phenoxy) is 1. The summed E-state index contributed by atoms with van der Waals surface area (Å²) >= 11 is 0. The maximum atomic E-state index is 5.62. The molecule has 0 radical (unpaired) electrons. The molecule has 0 aliphatic rings. The van der Waals surface area contributed by atoms with E-state index < -0.39 is 0 Å². The SMILES string of the molecule is CCOc1ccc(Nc2cccc(CN)c2)cc1. The Bertz CT molecular complexity index is 494. The van der Waals surface area contributed by atoms with Crippen molar-refractivity contribution in [2.45, 2.75) is 13.5 Å². The van der Waals surface area contributed by atoms with Crippen LogP contribution in [0.3, 0.4) is 0 Å². The third kappa shape index (κ3) is 3.25. The highest BCUT2D eigenvalue weighted by atomic mass is 16.5. The van der Waals surface area contributed by atoms with Gasteiger partial charge in [0.2, 0.25) is 0 Å². The van der Waals surface area contributed by atoms with E-state index in [0.29, 0.717) is 13.2 Å². The molecule has 0 amide bonds. The number of nitrogens with two attached hydrogens (primary N) is 1. The summed E-state index contributed by atoms with van der Waals surface area (Å²) in [6.45, 7) is 3.22. The van der Waals surface area contributed by atoms with Gasteiger partial charge in [-0.3, -0.25) is 0 Å². The average Bonchev–Trinajstić information content (AvgIpc) is 2.42. The van der Waals surface area contributed by atoms with E-state index in [1.807, 2.05) is 49.4 Å². The molecular weight excluding hydrogens is 224 g/mol. The molecule has 0 spiro atoms. The molecule has 0 aliphatic carbocycles. The van der Waals surface area contributed by atoms with E-state index in [9.17, 15) is 0 Å². The minimum Gasteiger partial charge on any atom is -0.494 e. The van der Waals surface area contributed by atoms with Crippen molar-refractivity contribution in [2.24, 2.45) is 5.73 Å². The normalized spacial score (nSPS) is 10.1. The van der Waals surface area contributed by atoms with Crippen molar-refractivity contribution in [1.29, 1.82) is 0 Å². The summed E-state index contributed by atoms with van der Waals surface area (Å²) in [5, 5.41) is 3.34. The number of benzene rings is 2. The molecular formula is C15H18N2O. The van der Waals surface area contributed by atoms with Crippen molar-refractivity contribution in [3.05, 3.63) is 54.1 Å². The van der Waals surface area contributed by atoms with Crippen LogP contribution in [-0.4, -0.2) is 6.61 Å².